The van der Waals surface area contributed by atoms with Crippen LogP contribution in [0.15, 0.2) is 24.3 Å². The Morgan fingerprint density at radius 3 is 2.26 bits per heavy atom. The maximum Gasteiger partial charge on any atom is 0.203 e. The lowest BCUT2D eigenvalue weighted by molar-refractivity contribution is 0.633. The molecule has 2 rings (SSSR count). The largest absolute Gasteiger partial charge is 0.356 e. The Morgan fingerprint density at radius 1 is 1.11 bits per heavy atom. The van der Waals surface area contributed by atoms with Crippen LogP contribution < -0.4 is 5.32 Å². The molecule has 4 heteroatoms. The quantitative estimate of drug-likeness (QED) is 0.893. The lowest BCUT2D eigenvalue weighted by atomic mass is 10.0. The fourth-order valence-corrected chi connectivity index (χ4v) is 2.53. The molecule has 2 aromatic rings. The minimum Gasteiger partial charge on any atom is -0.356 e. The number of hydrogen-bond acceptors (Lipinski definition) is 4. The van der Waals surface area contributed by atoms with E-state index in [4.69, 9.17) is 0 Å². The summed E-state index contributed by atoms with van der Waals surface area (Å²) in [6, 6.07) is 8.49. The highest BCUT2D eigenvalue weighted by molar-refractivity contribution is 7.09. The van der Waals surface area contributed by atoms with Crippen LogP contribution in [0.4, 0.5) is 5.13 Å². The van der Waals surface area contributed by atoms with Gasteiger partial charge in [0.1, 0.15) is 0 Å². The smallest absolute Gasteiger partial charge is 0.203 e. The van der Waals surface area contributed by atoms with Crippen molar-refractivity contribution in [2.45, 2.75) is 46.1 Å². The van der Waals surface area contributed by atoms with Gasteiger partial charge in [-0.25, -0.2) is 0 Å². The highest BCUT2D eigenvalue weighted by Gasteiger charge is 2.13. The van der Waals surface area contributed by atoms with Crippen LogP contribution in [0.3, 0.4) is 0 Å². The van der Waals surface area contributed by atoms with Gasteiger partial charge >= 0.3 is 0 Å². The third-order valence-electron chi connectivity index (χ3n) is 2.74. The first-order chi connectivity index (χ1) is 8.85. The first-order valence-corrected chi connectivity index (χ1v) is 7.35. The lowest BCUT2D eigenvalue weighted by Gasteiger charge is -2.18. The van der Waals surface area contributed by atoms with Crippen molar-refractivity contribution in [3.05, 3.63) is 29.8 Å². The number of nitrogens with zero attached hydrogens (tertiary/aromatic N) is 2. The summed E-state index contributed by atoms with van der Waals surface area (Å²) in [5.41, 5.74) is 2.42. The van der Waals surface area contributed by atoms with Crippen molar-refractivity contribution in [3.8, 4) is 11.4 Å². The van der Waals surface area contributed by atoms with E-state index in [-0.39, 0.29) is 5.54 Å². The number of aromatic nitrogens is 2. The van der Waals surface area contributed by atoms with Crippen molar-refractivity contribution in [2.75, 3.05) is 5.32 Å². The van der Waals surface area contributed by atoms with E-state index in [2.05, 4.69) is 73.6 Å². The summed E-state index contributed by atoms with van der Waals surface area (Å²) in [5.74, 6) is 1.35. The van der Waals surface area contributed by atoms with Gasteiger partial charge in [-0.3, -0.25) is 0 Å². The highest BCUT2D eigenvalue weighted by atomic mass is 32.1. The van der Waals surface area contributed by atoms with Crippen LogP contribution in [-0.2, 0) is 0 Å². The molecule has 0 spiro atoms. The van der Waals surface area contributed by atoms with E-state index >= 15 is 0 Å². The van der Waals surface area contributed by atoms with Crippen LogP contribution in [0, 0.1) is 0 Å². The van der Waals surface area contributed by atoms with Gasteiger partial charge in [0.15, 0.2) is 5.82 Å². The summed E-state index contributed by atoms with van der Waals surface area (Å²) in [7, 11) is 0. The number of nitrogens with one attached hydrogen (secondary N) is 1. The van der Waals surface area contributed by atoms with Crippen LogP contribution in [0.1, 0.15) is 46.1 Å². The number of benzene rings is 1. The van der Waals surface area contributed by atoms with Crippen LogP contribution in [0.2, 0.25) is 0 Å². The first kappa shape index (κ1) is 14.0. The Hall–Kier alpha value is -1.42. The molecule has 0 bridgehead atoms. The zero-order valence-electron chi connectivity index (χ0n) is 12.2. The van der Waals surface area contributed by atoms with Crippen LogP contribution in [-0.4, -0.2) is 14.9 Å². The lowest BCUT2D eigenvalue weighted by Crippen LogP contribution is -2.25. The summed E-state index contributed by atoms with van der Waals surface area (Å²) in [5, 5.41) is 4.22. The molecule has 0 unspecified atom stereocenters. The molecule has 19 heavy (non-hydrogen) atoms. The number of hydrogen-bond donors (Lipinski definition) is 1. The second-order valence-electron chi connectivity index (χ2n) is 6.07. The minimum atomic E-state index is 0.0122. The number of anilines is 1. The molecule has 1 aromatic carbocycles. The van der Waals surface area contributed by atoms with Crippen LogP contribution in [0.25, 0.3) is 11.4 Å². The molecule has 0 saturated heterocycles. The average Bonchev–Trinajstić information content (AvgIpc) is 2.75. The van der Waals surface area contributed by atoms with Gasteiger partial charge in [-0.1, -0.05) is 38.1 Å². The van der Waals surface area contributed by atoms with Gasteiger partial charge in [0.2, 0.25) is 5.13 Å². The van der Waals surface area contributed by atoms with E-state index in [1.807, 2.05) is 0 Å². The molecule has 0 amide bonds. The van der Waals surface area contributed by atoms with E-state index < -0.39 is 0 Å². The van der Waals surface area contributed by atoms with Gasteiger partial charge in [0, 0.05) is 22.6 Å². The monoisotopic (exact) mass is 275 g/mol. The van der Waals surface area contributed by atoms with Gasteiger partial charge in [-0.15, -0.1) is 0 Å². The summed E-state index contributed by atoms with van der Waals surface area (Å²) < 4.78 is 4.41. The topological polar surface area (TPSA) is 37.8 Å². The van der Waals surface area contributed by atoms with Crippen molar-refractivity contribution in [2.24, 2.45) is 0 Å². The summed E-state index contributed by atoms with van der Waals surface area (Å²) in [6.45, 7) is 10.7. The molecule has 102 valence electrons. The van der Waals surface area contributed by atoms with E-state index in [1.165, 1.54) is 17.1 Å². The third-order valence-corrected chi connectivity index (χ3v) is 3.37. The maximum absolute atomic E-state index is 4.54. The molecule has 0 aliphatic heterocycles. The molecule has 0 radical (unpaired) electrons. The van der Waals surface area contributed by atoms with Gasteiger partial charge in [0.25, 0.3) is 0 Å². The molecule has 1 N–H and O–H groups in total. The molecular weight excluding hydrogens is 254 g/mol. The van der Waals surface area contributed by atoms with E-state index in [1.54, 1.807) is 0 Å². The van der Waals surface area contributed by atoms with Gasteiger partial charge in [-0.05, 0) is 32.3 Å². The zero-order chi connectivity index (χ0) is 14.0. The summed E-state index contributed by atoms with van der Waals surface area (Å²) in [4.78, 5) is 4.54. The molecule has 1 heterocycles. The van der Waals surface area contributed by atoms with Crippen molar-refractivity contribution in [1.82, 2.24) is 9.36 Å². The molecule has 0 fully saturated rings. The molecule has 0 aliphatic carbocycles. The third kappa shape index (κ3) is 3.77. The first-order valence-electron chi connectivity index (χ1n) is 6.57. The predicted octanol–water partition coefficient (Wildman–Crippen LogP) is 4.54. The average molecular weight is 275 g/mol. The van der Waals surface area contributed by atoms with Crippen LogP contribution in [0.5, 0.6) is 0 Å². The van der Waals surface area contributed by atoms with Crippen LogP contribution >= 0.6 is 11.5 Å². The van der Waals surface area contributed by atoms with Crippen molar-refractivity contribution >= 4 is 16.7 Å². The van der Waals surface area contributed by atoms with E-state index in [0.717, 1.165) is 16.5 Å². The maximum atomic E-state index is 4.54. The Labute approximate surface area is 119 Å². The van der Waals surface area contributed by atoms with Crippen molar-refractivity contribution in [1.29, 1.82) is 0 Å². The zero-order valence-corrected chi connectivity index (χ0v) is 13.0. The molecule has 3 nitrogen and oxygen atoms in total. The molecular formula is C15H21N3S. The highest BCUT2D eigenvalue weighted by Crippen LogP contribution is 2.24. The van der Waals surface area contributed by atoms with E-state index in [9.17, 15) is 0 Å². The van der Waals surface area contributed by atoms with Gasteiger partial charge in [0.05, 0.1) is 0 Å². The SMILES string of the molecule is CC(C)c1ccc(-c2nsc(NC(C)(C)C)n2)cc1. The minimum absolute atomic E-state index is 0.0122. The Balaban J connectivity index is 2.18. The predicted molar refractivity (Wildman–Crippen MR) is 82.8 cm³/mol. The fourth-order valence-electron chi connectivity index (χ4n) is 1.73. The second kappa shape index (κ2) is 5.29. The van der Waals surface area contributed by atoms with Gasteiger partial charge < -0.3 is 5.32 Å². The Morgan fingerprint density at radius 2 is 1.74 bits per heavy atom. The standard InChI is InChI=1S/C15H21N3S/c1-10(2)11-6-8-12(9-7-11)13-16-14(19-18-13)17-15(3,4)5/h6-10H,1-5H3,(H,16,17,18). The number of rotatable bonds is 3. The molecule has 1 aromatic heterocycles. The molecule has 0 saturated carbocycles. The summed E-state index contributed by atoms with van der Waals surface area (Å²) in [6.07, 6.45) is 0. The van der Waals surface area contributed by atoms with Crippen molar-refractivity contribution < 1.29 is 0 Å². The Kier molecular flexibility index (Phi) is 3.90. The summed E-state index contributed by atoms with van der Waals surface area (Å²) >= 11 is 1.41. The molecule has 0 aliphatic rings. The fraction of sp³-hybridized carbons (Fsp3) is 0.467. The van der Waals surface area contributed by atoms with E-state index in [0.29, 0.717) is 5.92 Å². The molecule has 0 atom stereocenters. The van der Waals surface area contributed by atoms with Gasteiger partial charge in [-0.2, -0.15) is 9.36 Å². The normalized spacial score (nSPS) is 11.9. The Bertz CT molecular complexity index is 535. The van der Waals surface area contributed by atoms with Crippen molar-refractivity contribution in [3.63, 3.8) is 0 Å². The second-order valence-corrected chi connectivity index (χ2v) is 6.83.